The molecule has 0 saturated carbocycles. The first kappa shape index (κ1) is 16.2. The third-order valence-corrected chi connectivity index (χ3v) is 5.00. The molecular formula is C15H26N4OS. The van der Waals surface area contributed by atoms with E-state index in [1.807, 2.05) is 11.1 Å². The molecule has 2 heterocycles. The summed E-state index contributed by atoms with van der Waals surface area (Å²) in [6.45, 7) is 9.51. The van der Waals surface area contributed by atoms with E-state index in [2.05, 4.69) is 30.7 Å². The van der Waals surface area contributed by atoms with Crippen LogP contribution in [-0.2, 0) is 11.2 Å². The fourth-order valence-corrected chi connectivity index (χ4v) is 3.47. The van der Waals surface area contributed by atoms with E-state index in [1.54, 1.807) is 11.3 Å². The van der Waals surface area contributed by atoms with Crippen LogP contribution in [0.2, 0.25) is 0 Å². The molecule has 5 nitrogen and oxygen atoms in total. The Morgan fingerprint density at radius 1 is 1.38 bits per heavy atom. The summed E-state index contributed by atoms with van der Waals surface area (Å²) in [5, 5.41) is 1.07. The number of carbonyl (C=O) groups is 1. The maximum atomic E-state index is 12.3. The molecule has 1 aromatic rings. The topological polar surface area (TPSA) is 62.5 Å². The summed E-state index contributed by atoms with van der Waals surface area (Å²) in [4.78, 5) is 22.2. The number of hydrogen-bond donors (Lipinski definition) is 1. The summed E-state index contributed by atoms with van der Waals surface area (Å²) in [7, 11) is 0. The number of piperazine rings is 1. The number of anilines is 1. The van der Waals surface area contributed by atoms with Gasteiger partial charge in [0.25, 0.3) is 0 Å². The van der Waals surface area contributed by atoms with Crippen molar-refractivity contribution < 1.29 is 4.79 Å². The Morgan fingerprint density at radius 3 is 2.57 bits per heavy atom. The molecular weight excluding hydrogens is 284 g/mol. The van der Waals surface area contributed by atoms with Gasteiger partial charge < -0.3 is 15.5 Å². The van der Waals surface area contributed by atoms with Crippen LogP contribution in [0.4, 0.5) is 5.13 Å². The number of rotatable bonds is 5. The third-order valence-electron chi connectivity index (χ3n) is 3.79. The molecule has 2 N–H and O–H groups in total. The summed E-state index contributed by atoms with van der Waals surface area (Å²) in [6.07, 6.45) is 3.74. The highest BCUT2D eigenvalue weighted by Gasteiger charge is 2.26. The fourth-order valence-electron chi connectivity index (χ4n) is 2.57. The Hall–Kier alpha value is -1.14. The summed E-state index contributed by atoms with van der Waals surface area (Å²) >= 11 is 1.75. The summed E-state index contributed by atoms with van der Waals surface area (Å²) in [5.74, 6) is 0.546. The third kappa shape index (κ3) is 4.17. The summed E-state index contributed by atoms with van der Waals surface area (Å²) < 4.78 is 0. The van der Waals surface area contributed by atoms with Crippen LogP contribution in [0.15, 0.2) is 6.20 Å². The van der Waals surface area contributed by atoms with Gasteiger partial charge in [-0.05, 0) is 18.8 Å². The first-order valence-corrected chi connectivity index (χ1v) is 8.57. The van der Waals surface area contributed by atoms with Crippen molar-refractivity contribution in [3.8, 4) is 0 Å². The average molecular weight is 310 g/mol. The lowest BCUT2D eigenvalue weighted by Crippen LogP contribution is -2.53. The monoisotopic (exact) mass is 310 g/mol. The minimum absolute atomic E-state index is 0.0942. The minimum atomic E-state index is -0.358. The predicted molar refractivity (Wildman–Crippen MR) is 87.7 cm³/mol. The van der Waals surface area contributed by atoms with E-state index in [-0.39, 0.29) is 11.9 Å². The highest BCUT2D eigenvalue weighted by molar-refractivity contribution is 7.15. The van der Waals surface area contributed by atoms with Gasteiger partial charge in [-0.15, -0.1) is 11.3 Å². The highest BCUT2D eigenvalue weighted by atomic mass is 32.1. The van der Waals surface area contributed by atoms with Crippen LogP contribution in [0.25, 0.3) is 0 Å². The quantitative estimate of drug-likeness (QED) is 0.899. The molecule has 118 valence electrons. The molecule has 6 heteroatoms. The van der Waals surface area contributed by atoms with Crippen LogP contribution in [0.5, 0.6) is 0 Å². The van der Waals surface area contributed by atoms with Crippen molar-refractivity contribution in [1.82, 2.24) is 9.88 Å². The van der Waals surface area contributed by atoms with E-state index in [1.165, 1.54) is 4.88 Å². The van der Waals surface area contributed by atoms with Crippen molar-refractivity contribution in [2.45, 2.75) is 39.7 Å². The molecule has 1 saturated heterocycles. The van der Waals surface area contributed by atoms with Crippen LogP contribution in [0.3, 0.4) is 0 Å². The molecule has 1 aliphatic rings. The lowest BCUT2D eigenvalue weighted by Gasteiger charge is -2.36. The molecule has 0 spiro atoms. The second-order valence-corrected chi connectivity index (χ2v) is 7.10. The van der Waals surface area contributed by atoms with Crippen molar-refractivity contribution in [3.05, 3.63) is 11.1 Å². The Kier molecular flexibility index (Phi) is 5.58. The zero-order valence-corrected chi connectivity index (χ0v) is 14.0. The summed E-state index contributed by atoms with van der Waals surface area (Å²) in [5.41, 5.74) is 6.00. The molecule has 0 bridgehead atoms. The Labute approximate surface area is 131 Å². The standard InChI is InChI=1S/C15H26N4OS/c1-4-12-10-17-15(21-12)19-7-5-18(6-8-19)14(20)13(16)9-11(2)3/h10-11,13H,4-9,16H2,1-3H3/t13-/m0/s1. The highest BCUT2D eigenvalue weighted by Crippen LogP contribution is 2.24. The van der Waals surface area contributed by atoms with Gasteiger partial charge in [0.15, 0.2) is 5.13 Å². The lowest BCUT2D eigenvalue weighted by atomic mass is 10.0. The van der Waals surface area contributed by atoms with Crippen LogP contribution in [0.1, 0.15) is 32.1 Å². The second-order valence-electron chi connectivity index (χ2n) is 6.01. The van der Waals surface area contributed by atoms with Crippen molar-refractivity contribution in [2.24, 2.45) is 11.7 Å². The number of amides is 1. The summed E-state index contributed by atoms with van der Waals surface area (Å²) in [6, 6.07) is -0.358. The Balaban J connectivity index is 1.86. The van der Waals surface area contributed by atoms with E-state index in [4.69, 9.17) is 5.73 Å². The van der Waals surface area contributed by atoms with Gasteiger partial charge in [-0.25, -0.2) is 4.98 Å². The zero-order chi connectivity index (χ0) is 15.4. The molecule has 0 radical (unpaired) electrons. The smallest absolute Gasteiger partial charge is 0.239 e. The van der Waals surface area contributed by atoms with Gasteiger partial charge in [-0.2, -0.15) is 0 Å². The van der Waals surface area contributed by atoms with E-state index in [0.29, 0.717) is 5.92 Å². The number of aromatic nitrogens is 1. The van der Waals surface area contributed by atoms with Gasteiger partial charge in [0.2, 0.25) is 5.91 Å². The van der Waals surface area contributed by atoms with E-state index in [0.717, 1.165) is 44.2 Å². The van der Waals surface area contributed by atoms with Crippen LogP contribution in [-0.4, -0.2) is 48.0 Å². The molecule has 0 aromatic carbocycles. The second kappa shape index (κ2) is 7.22. The molecule has 1 fully saturated rings. The molecule has 1 amide bonds. The number of aryl methyl sites for hydroxylation is 1. The molecule has 1 aliphatic heterocycles. The minimum Gasteiger partial charge on any atom is -0.345 e. The van der Waals surface area contributed by atoms with Crippen molar-refractivity contribution in [2.75, 3.05) is 31.1 Å². The van der Waals surface area contributed by atoms with E-state index in [9.17, 15) is 4.79 Å². The number of nitrogens with zero attached hydrogens (tertiary/aromatic N) is 3. The number of hydrogen-bond acceptors (Lipinski definition) is 5. The number of nitrogens with two attached hydrogens (primary N) is 1. The SMILES string of the molecule is CCc1cnc(N2CCN(C(=O)[C@@H](N)CC(C)C)CC2)s1. The lowest BCUT2D eigenvalue weighted by molar-refractivity contribution is -0.133. The van der Waals surface area contributed by atoms with E-state index >= 15 is 0 Å². The predicted octanol–water partition coefficient (Wildman–Crippen LogP) is 1.73. The first-order chi connectivity index (χ1) is 10.0. The van der Waals surface area contributed by atoms with Gasteiger partial charge in [0.1, 0.15) is 0 Å². The van der Waals surface area contributed by atoms with Gasteiger partial charge in [0.05, 0.1) is 6.04 Å². The Bertz CT molecular complexity index is 466. The molecule has 1 atom stereocenters. The van der Waals surface area contributed by atoms with Crippen molar-refractivity contribution in [1.29, 1.82) is 0 Å². The van der Waals surface area contributed by atoms with Crippen molar-refractivity contribution in [3.63, 3.8) is 0 Å². The van der Waals surface area contributed by atoms with Gasteiger partial charge in [-0.3, -0.25) is 4.79 Å². The molecule has 2 rings (SSSR count). The maximum Gasteiger partial charge on any atom is 0.239 e. The van der Waals surface area contributed by atoms with Crippen molar-refractivity contribution >= 4 is 22.4 Å². The van der Waals surface area contributed by atoms with Crippen LogP contribution >= 0.6 is 11.3 Å². The normalized spacial score (nSPS) is 17.4. The largest absolute Gasteiger partial charge is 0.345 e. The zero-order valence-electron chi connectivity index (χ0n) is 13.2. The molecule has 0 unspecified atom stereocenters. The molecule has 1 aromatic heterocycles. The van der Waals surface area contributed by atoms with Gasteiger partial charge >= 0.3 is 0 Å². The van der Waals surface area contributed by atoms with E-state index < -0.39 is 0 Å². The molecule has 0 aliphatic carbocycles. The number of carbonyl (C=O) groups excluding carboxylic acids is 1. The Morgan fingerprint density at radius 2 is 2.05 bits per heavy atom. The fraction of sp³-hybridized carbons (Fsp3) is 0.733. The van der Waals surface area contributed by atoms with Gasteiger partial charge in [-0.1, -0.05) is 20.8 Å². The molecule has 21 heavy (non-hydrogen) atoms. The number of thiazole rings is 1. The van der Waals surface area contributed by atoms with Crippen LogP contribution < -0.4 is 10.6 Å². The average Bonchev–Trinajstić information content (AvgIpc) is 2.95. The van der Waals surface area contributed by atoms with Crippen LogP contribution in [0, 0.1) is 5.92 Å². The van der Waals surface area contributed by atoms with Gasteiger partial charge in [0, 0.05) is 37.3 Å². The first-order valence-electron chi connectivity index (χ1n) is 7.75. The maximum absolute atomic E-state index is 12.3.